The molecule has 0 aliphatic carbocycles. The first-order valence-corrected chi connectivity index (χ1v) is 6.52. The largest absolute Gasteiger partial charge is 0.490 e. The van der Waals surface area contributed by atoms with Crippen molar-refractivity contribution < 1.29 is 9.84 Å². The first kappa shape index (κ1) is 15.0. The van der Waals surface area contributed by atoms with E-state index in [4.69, 9.17) is 4.74 Å². The normalized spacial score (nSPS) is 12.8. The van der Waals surface area contributed by atoms with Gasteiger partial charge < -0.3 is 15.2 Å². The molecule has 0 bridgehead atoms. The average Bonchev–Trinajstić information content (AvgIpc) is 2.24. The second kappa shape index (κ2) is 6.76. The summed E-state index contributed by atoms with van der Waals surface area (Å²) in [7, 11) is 0. The average molecular weight is 251 g/mol. The molecule has 3 nitrogen and oxygen atoms in total. The van der Waals surface area contributed by atoms with Crippen molar-refractivity contribution in [2.75, 3.05) is 13.2 Å². The number of hydrogen-bond donors (Lipinski definition) is 2. The Kier molecular flexibility index (Phi) is 5.63. The van der Waals surface area contributed by atoms with Crippen molar-refractivity contribution in [3.63, 3.8) is 0 Å². The van der Waals surface area contributed by atoms with Gasteiger partial charge in [-0.15, -0.1) is 0 Å². The molecule has 1 aromatic carbocycles. The second-order valence-electron chi connectivity index (χ2n) is 5.26. The first-order chi connectivity index (χ1) is 8.40. The molecule has 0 spiro atoms. The highest BCUT2D eigenvalue weighted by Gasteiger charge is 2.09. The molecule has 0 fully saturated rings. The molecule has 0 amide bonds. The Morgan fingerprint density at radius 1 is 1.17 bits per heavy atom. The van der Waals surface area contributed by atoms with Crippen LogP contribution in [0, 0.1) is 20.8 Å². The molecule has 0 aliphatic rings. The third-order valence-corrected chi connectivity index (χ3v) is 2.79. The van der Waals surface area contributed by atoms with Crippen LogP contribution in [0.3, 0.4) is 0 Å². The highest BCUT2D eigenvalue weighted by molar-refractivity contribution is 5.42. The van der Waals surface area contributed by atoms with Crippen LogP contribution in [0.1, 0.15) is 30.5 Å². The summed E-state index contributed by atoms with van der Waals surface area (Å²) in [4.78, 5) is 0. The zero-order valence-corrected chi connectivity index (χ0v) is 12.1. The Bertz CT molecular complexity index is 365. The van der Waals surface area contributed by atoms with Gasteiger partial charge >= 0.3 is 0 Å². The number of aliphatic hydroxyl groups is 1. The molecule has 1 aromatic rings. The van der Waals surface area contributed by atoms with Gasteiger partial charge in [-0.1, -0.05) is 31.5 Å². The van der Waals surface area contributed by atoms with E-state index in [2.05, 4.69) is 38.2 Å². The number of aryl methyl sites for hydroxylation is 3. The molecular weight excluding hydrogens is 226 g/mol. The fourth-order valence-electron chi connectivity index (χ4n) is 2.00. The van der Waals surface area contributed by atoms with Gasteiger partial charge in [0.2, 0.25) is 0 Å². The van der Waals surface area contributed by atoms with E-state index < -0.39 is 6.10 Å². The lowest BCUT2D eigenvalue weighted by atomic mass is 10.1. The van der Waals surface area contributed by atoms with Crippen LogP contribution < -0.4 is 10.1 Å². The number of aliphatic hydroxyl groups excluding tert-OH is 1. The Morgan fingerprint density at radius 2 is 1.72 bits per heavy atom. The highest BCUT2D eigenvalue weighted by Crippen LogP contribution is 2.24. The van der Waals surface area contributed by atoms with E-state index in [0.717, 1.165) is 16.9 Å². The van der Waals surface area contributed by atoms with Gasteiger partial charge in [0, 0.05) is 12.6 Å². The van der Waals surface area contributed by atoms with Gasteiger partial charge in [0.05, 0.1) is 0 Å². The van der Waals surface area contributed by atoms with E-state index in [9.17, 15) is 5.11 Å². The van der Waals surface area contributed by atoms with E-state index in [1.165, 1.54) is 5.56 Å². The lowest BCUT2D eigenvalue weighted by Gasteiger charge is -2.17. The van der Waals surface area contributed by atoms with Crippen molar-refractivity contribution >= 4 is 0 Å². The third-order valence-electron chi connectivity index (χ3n) is 2.79. The zero-order chi connectivity index (χ0) is 13.7. The molecule has 0 aromatic heterocycles. The lowest BCUT2D eigenvalue weighted by molar-refractivity contribution is 0.104. The minimum absolute atomic E-state index is 0.324. The fraction of sp³-hybridized carbons (Fsp3) is 0.600. The Labute approximate surface area is 110 Å². The molecule has 1 rings (SSSR count). The quantitative estimate of drug-likeness (QED) is 0.815. The summed E-state index contributed by atoms with van der Waals surface area (Å²) in [6.07, 6.45) is -0.479. The van der Waals surface area contributed by atoms with E-state index in [-0.39, 0.29) is 0 Å². The summed E-state index contributed by atoms with van der Waals surface area (Å²) in [5.41, 5.74) is 3.48. The first-order valence-electron chi connectivity index (χ1n) is 6.52. The third kappa shape index (κ3) is 4.67. The molecule has 1 atom stereocenters. The van der Waals surface area contributed by atoms with Crippen molar-refractivity contribution in [3.8, 4) is 5.75 Å². The molecule has 0 heterocycles. The molecule has 0 saturated carbocycles. The van der Waals surface area contributed by atoms with Crippen LogP contribution in [0.25, 0.3) is 0 Å². The molecule has 18 heavy (non-hydrogen) atoms. The summed E-state index contributed by atoms with van der Waals surface area (Å²) in [6, 6.07) is 4.57. The summed E-state index contributed by atoms with van der Waals surface area (Å²) in [5, 5.41) is 13.0. The summed E-state index contributed by atoms with van der Waals surface area (Å²) in [6.45, 7) is 11.1. The van der Waals surface area contributed by atoms with Gasteiger partial charge in [-0.2, -0.15) is 0 Å². The molecule has 102 valence electrons. The van der Waals surface area contributed by atoms with Gasteiger partial charge in [-0.25, -0.2) is 0 Å². The minimum atomic E-state index is -0.479. The number of hydrogen-bond acceptors (Lipinski definition) is 3. The molecule has 0 saturated heterocycles. The topological polar surface area (TPSA) is 41.5 Å². The maximum atomic E-state index is 9.81. The van der Waals surface area contributed by atoms with Gasteiger partial charge in [0.15, 0.2) is 0 Å². The van der Waals surface area contributed by atoms with E-state index in [0.29, 0.717) is 19.2 Å². The van der Waals surface area contributed by atoms with Crippen molar-refractivity contribution in [1.29, 1.82) is 0 Å². The van der Waals surface area contributed by atoms with Crippen LogP contribution in [-0.4, -0.2) is 30.4 Å². The van der Waals surface area contributed by atoms with Crippen LogP contribution in [0.15, 0.2) is 12.1 Å². The van der Waals surface area contributed by atoms with Crippen LogP contribution in [0.2, 0.25) is 0 Å². The smallest absolute Gasteiger partial charge is 0.125 e. The summed E-state index contributed by atoms with van der Waals surface area (Å²) >= 11 is 0. The van der Waals surface area contributed by atoms with Gasteiger partial charge in [-0.05, 0) is 31.9 Å². The van der Waals surface area contributed by atoms with Gasteiger partial charge in [0.1, 0.15) is 18.5 Å². The predicted molar refractivity (Wildman–Crippen MR) is 75.3 cm³/mol. The minimum Gasteiger partial charge on any atom is -0.490 e. The van der Waals surface area contributed by atoms with Crippen molar-refractivity contribution in [2.24, 2.45) is 0 Å². The SMILES string of the molecule is Cc1cc(C)c(OC[C@H](O)CNC(C)C)c(C)c1. The lowest BCUT2D eigenvalue weighted by Crippen LogP contribution is -2.35. The van der Waals surface area contributed by atoms with Crippen molar-refractivity contribution in [1.82, 2.24) is 5.32 Å². The van der Waals surface area contributed by atoms with Crippen LogP contribution in [0.5, 0.6) is 5.75 Å². The Hall–Kier alpha value is -1.06. The predicted octanol–water partition coefficient (Wildman–Crippen LogP) is 2.35. The molecule has 0 radical (unpaired) electrons. The zero-order valence-electron chi connectivity index (χ0n) is 12.1. The number of nitrogens with one attached hydrogen (secondary N) is 1. The number of benzene rings is 1. The van der Waals surface area contributed by atoms with Gasteiger partial charge in [0.25, 0.3) is 0 Å². The van der Waals surface area contributed by atoms with Crippen molar-refractivity contribution in [3.05, 3.63) is 28.8 Å². The van der Waals surface area contributed by atoms with Crippen LogP contribution in [-0.2, 0) is 0 Å². The Morgan fingerprint density at radius 3 is 2.22 bits per heavy atom. The van der Waals surface area contributed by atoms with E-state index in [1.54, 1.807) is 0 Å². The summed E-state index contributed by atoms with van der Waals surface area (Å²) in [5.74, 6) is 0.893. The standard InChI is InChI=1S/C15H25NO2/c1-10(2)16-8-14(17)9-18-15-12(4)6-11(3)7-13(15)5/h6-7,10,14,16-17H,8-9H2,1-5H3/t14-/m1/s1. The molecule has 0 unspecified atom stereocenters. The van der Waals surface area contributed by atoms with E-state index in [1.807, 2.05) is 13.8 Å². The van der Waals surface area contributed by atoms with Crippen molar-refractivity contribution in [2.45, 2.75) is 46.8 Å². The fourth-order valence-corrected chi connectivity index (χ4v) is 2.00. The maximum Gasteiger partial charge on any atom is 0.125 e. The highest BCUT2D eigenvalue weighted by atomic mass is 16.5. The van der Waals surface area contributed by atoms with Crippen LogP contribution in [0.4, 0.5) is 0 Å². The molecule has 0 aliphatic heterocycles. The molecular formula is C15H25NO2. The van der Waals surface area contributed by atoms with Gasteiger partial charge in [-0.3, -0.25) is 0 Å². The molecule has 2 N–H and O–H groups in total. The molecule has 3 heteroatoms. The maximum absolute atomic E-state index is 9.81. The second-order valence-corrected chi connectivity index (χ2v) is 5.26. The summed E-state index contributed by atoms with van der Waals surface area (Å²) < 4.78 is 5.73. The monoisotopic (exact) mass is 251 g/mol. The van der Waals surface area contributed by atoms with Crippen LogP contribution >= 0.6 is 0 Å². The number of ether oxygens (including phenoxy) is 1. The van der Waals surface area contributed by atoms with E-state index >= 15 is 0 Å². The number of rotatable bonds is 6. The Balaban J connectivity index is 2.53.